The number of hydrogen-bond donors (Lipinski definition) is 1. The molecule has 1 unspecified atom stereocenters. The van der Waals surface area contributed by atoms with Gasteiger partial charge in [-0.25, -0.2) is 0 Å². The minimum Gasteiger partial charge on any atom is -0.480 e. The Morgan fingerprint density at radius 1 is 1.83 bits per heavy atom. The van der Waals surface area contributed by atoms with E-state index in [1.54, 1.807) is 18.3 Å². The third-order valence-corrected chi connectivity index (χ3v) is 4.67. The molecule has 0 aliphatic rings. The minimum absolute atomic E-state index is 0.389. The fourth-order valence-corrected chi connectivity index (χ4v) is 3.38. The molecule has 1 aromatic heterocycles. The molecule has 1 aromatic rings. The first-order valence-corrected chi connectivity index (χ1v) is 5.79. The van der Waals surface area contributed by atoms with E-state index in [0.29, 0.717) is 0 Å². The average Bonchev–Trinajstić information content (AvgIpc) is 2.36. The lowest BCUT2D eigenvalue weighted by Crippen LogP contribution is -2.10. The molecule has 12 heavy (non-hydrogen) atoms. The second-order valence-corrected chi connectivity index (χ2v) is 5.53. The van der Waals surface area contributed by atoms with Crippen LogP contribution in [0.2, 0.25) is 0 Å². The van der Waals surface area contributed by atoms with Gasteiger partial charge >= 0.3 is 5.97 Å². The molecule has 5 heteroatoms. The van der Waals surface area contributed by atoms with Crippen molar-refractivity contribution in [2.75, 3.05) is 0 Å². The van der Waals surface area contributed by atoms with E-state index in [-0.39, 0.29) is 5.25 Å². The molecule has 1 atom stereocenters. The number of carboxylic acid groups (broad SMARTS) is 1. The molecule has 0 saturated heterocycles. The summed E-state index contributed by atoms with van der Waals surface area (Å²) in [7, 11) is 0. The van der Waals surface area contributed by atoms with Gasteiger partial charge in [-0.3, -0.25) is 4.79 Å². The van der Waals surface area contributed by atoms with Crippen molar-refractivity contribution in [3.05, 3.63) is 15.9 Å². The number of aliphatic carboxylic acids is 1. The highest BCUT2D eigenvalue weighted by Crippen LogP contribution is 2.35. The molecule has 0 spiro atoms. The zero-order valence-corrected chi connectivity index (χ0v) is 9.50. The molecule has 0 amide bonds. The second-order valence-electron chi connectivity index (χ2n) is 2.15. The third-order valence-electron chi connectivity index (χ3n) is 1.22. The molecule has 0 saturated carbocycles. The van der Waals surface area contributed by atoms with Crippen molar-refractivity contribution in [2.24, 2.45) is 0 Å². The van der Waals surface area contributed by atoms with Gasteiger partial charge in [0.2, 0.25) is 0 Å². The first-order valence-electron chi connectivity index (χ1n) is 3.23. The molecule has 0 aliphatic carbocycles. The van der Waals surface area contributed by atoms with Gasteiger partial charge in [0.15, 0.2) is 0 Å². The molecule has 66 valence electrons. The van der Waals surface area contributed by atoms with Crippen LogP contribution in [0.3, 0.4) is 0 Å². The monoisotopic (exact) mass is 266 g/mol. The van der Waals surface area contributed by atoms with Gasteiger partial charge in [0.25, 0.3) is 0 Å². The Hall–Kier alpha value is -0.000000000000000111. The Kier molecular flexibility index (Phi) is 3.61. The molecule has 0 aromatic carbocycles. The van der Waals surface area contributed by atoms with E-state index < -0.39 is 5.97 Å². The predicted molar refractivity (Wildman–Crippen MR) is 55.0 cm³/mol. The van der Waals surface area contributed by atoms with Crippen molar-refractivity contribution in [2.45, 2.75) is 16.4 Å². The van der Waals surface area contributed by atoms with Crippen LogP contribution in [0.5, 0.6) is 0 Å². The summed E-state index contributed by atoms with van der Waals surface area (Å²) in [4.78, 5) is 10.5. The maximum absolute atomic E-state index is 10.5. The van der Waals surface area contributed by atoms with Crippen LogP contribution in [0, 0.1) is 0 Å². The van der Waals surface area contributed by atoms with Gasteiger partial charge in [-0.2, -0.15) is 0 Å². The Balaban J connectivity index is 2.64. The normalized spacial score (nSPS) is 12.8. The van der Waals surface area contributed by atoms with Crippen molar-refractivity contribution < 1.29 is 9.90 Å². The van der Waals surface area contributed by atoms with E-state index >= 15 is 0 Å². The molecular weight excluding hydrogens is 260 g/mol. The number of thiophene rings is 1. The smallest absolute Gasteiger partial charge is 0.316 e. The number of carbonyl (C=O) groups is 1. The van der Waals surface area contributed by atoms with Crippen molar-refractivity contribution in [1.82, 2.24) is 0 Å². The summed E-state index contributed by atoms with van der Waals surface area (Å²) in [6.07, 6.45) is 0. The summed E-state index contributed by atoms with van der Waals surface area (Å²) in [6.45, 7) is 1.68. The fourth-order valence-electron chi connectivity index (χ4n) is 0.575. The fraction of sp³-hybridized carbons (Fsp3) is 0.286. The first kappa shape index (κ1) is 10.1. The average molecular weight is 267 g/mol. The van der Waals surface area contributed by atoms with Crippen molar-refractivity contribution in [1.29, 1.82) is 0 Å². The number of hydrogen-bond acceptors (Lipinski definition) is 3. The zero-order chi connectivity index (χ0) is 9.14. The molecular formula is C7H7BrO2S2. The van der Waals surface area contributed by atoms with Gasteiger partial charge in [0.1, 0.15) is 5.25 Å². The lowest BCUT2D eigenvalue weighted by molar-refractivity contribution is -0.136. The van der Waals surface area contributed by atoms with E-state index in [0.717, 1.165) is 8.68 Å². The van der Waals surface area contributed by atoms with Crippen LogP contribution in [0.4, 0.5) is 0 Å². The van der Waals surface area contributed by atoms with Gasteiger partial charge in [0, 0.05) is 4.47 Å². The number of halogens is 1. The first-order chi connectivity index (χ1) is 5.61. The maximum Gasteiger partial charge on any atom is 0.316 e. The lowest BCUT2D eigenvalue weighted by Gasteiger charge is -2.02. The summed E-state index contributed by atoms with van der Waals surface area (Å²) in [5.41, 5.74) is 0. The minimum atomic E-state index is -0.777. The Morgan fingerprint density at radius 2 is 2.50 bits per heavy atom. The predicted octanol–water partition coefficient (Wildman–Crippen LogP) is 3.08. The van der Waals surface area contributed by atoms with Crippen LogP contribution < -0.4 is 0 Å². The lowest BCUT2D eigenvalue weighted by atomic mass is 10.5. The van der Waals surface area contributed by atoms with E-state index in [4.69, 9.17) is 5.11 Å². The van der Waals surface area contributed by atoms with Crippen molar-refractivity contribution >= 4 is 45.0 Å². The summed E-state index contributed by atoms with van der Waals surface area (Å²) < 4.78 is 2.00. The molecule has 0 radical (unpaired) electrons. The topological polar surface area (TPSA) is 37.3 Å². The van der Waals surface area contributed by atoms with Gasteiger partial charge in [0.05, 0.1) is 4.21 Å². The molecule has 1 N–H and O–H groups in total. The van der Waals surface area contributed by atoms with Gasteiger partial charge in [-0.15, -0.1) is 11.3 Å². The summed E-state index contributed by atoms with van der Waals surface area (Å²) in [6, 6.07) is 1.92. The van der Waals surface area contributed by atoms with Gasteiger partial charge < -0.3 is 5.11 Å². The highest BCUT2D eigenvalue weighted by Gasteiger charge is 2.14. The zero-order valence-electron chi connectivity index (χ0n) is 6.28. The molecule has 1 heterocycles. The van der Waals surface area contributed by atoms with Crippen LogP contribution >= 0.6 is 39.0 Å². The summed E-state index contributed by atoms with van der Waals surface area (Å²) in [5.74, 6) is -0.777. The number of carboxylic acids is 1. The molecule has 2 nitrogen and oxygen atoms in total. The Morgan fingerprint density at radius 3 is 2.92 bits per heavy atom. The largest absolute Gasteiger partial charge is 0.480 e. The van der Waals surface area contributed by atoms with E-state index in [1.807, 2.05) is 11.4 Å². The van der Waals surface area contributed by atoms with Crippen LogP contribution in [0.1, 0.15) is 6.92 Å². The van der Waals surface area contributed by atoms with E-state index in [9.17, 15) is 4.79 Å². The highest BCUT2D eigenvalue weighted by atomic mass is 79.9. The maximum atomic E-state index is 10.5. The van der Waals surface area contributed by atoms with Crippen LogP contribution in [0.15, 0.2) is 20.1 Å². The number of thioether (sulfide) groups is 1. The molecule has 1 rings (SSSR count). The highest BCUT2D eigenvalue weighted by molar-refractivity contribution is 9.10. The van der Waals surface area contributed by atoms with Gasteiger partial charge in [-0.05, 0) is 34.3 Å². The number of rotatable bonds is 3. The van der Waals surface area contributed by atoms with Gasteiger partial charge in [-0.1, -0.05) is 11.8 Å². The Labute approximate surface area is 87.1 Å². The van der Waals surface area contributed by atoms with E-state index in [1.165, 1.54) is 11.8 Å². The summed E-state index contributed by atoms with van der Waals surface area (Å²) in [5, 5.41) is 10.2. The Bertz CT molecular complexity index is 285. The third kappa shape index (κ3) is 2.50. The van der Waals surface area contributed by atoms with Crippen LogP contribution in [-0.2, 0) is 4.79 Å². The standard InChI is InChI=1S/C7H7BrO2S2/c1-4(6(9)10)12-7-5(8)2-3-11-7/h2-4H,1H3,(H,9,10). The van der Waals surface area contributed by atoms with Crippen LogP contribution in [-0.4, -0.2) is 16.3 Å². The van der Waals surface area contributed by atoms with E-state index in [2.05, 4.69) is 15.9 Å². The van der Waals surface area contributed by atoms with Crippen LogP contribution in [0.25, 0.3) is 0 Å². The SMILES string of the molecule is CC(Sc1sccc1Br)C(=O)O. The molecule has 0 aliphatic heterocycles. The van der Waals surface area contributed by atoms with Crippen molar-refractivity contribution in [3.63, 3.8) is 0 Å². The summed E-state index contributed by atoms with van der Waals surface area (Å²) >= 11 is 6.25. The quantitative estimate of drug-likeness (QED) is 0.855. The second kappa shape index (κ2) is 4.30. The molecule has 0 bridgehead atoms. The molecule has 0 fully saturated rings. The van der Waals surface area contributed by atoms with Crippen molar-refractivity contribution in [3.8, 4) is 0 Å².